The lowest BCUT2D eigenvalue weighted by Crippen LogP contribution is -2.58. The van der Waals surface area contributed by atoms with E-state index in [4.69, 9.17) is 17.5 Å². The predicted molar refractivity (Wildman–Crippen MR) is 73.7 cm³/mol. The molecule has 102 valence electrons. The van der Waals surface area contributed by atoms with Gasteiger partial charge in [-0.2, -0.15) is 0 Å². The lowest BCUT2D eigenvalue weighted by Gasteiger charge is -2.45. The van der Waals surface area contributed by atoms with Crippen LogP contribution in [0.25, 0.3) is 0 Å². The number of benzene rings is 1. The molecular weight excluding hydrogens is 241 g/mol. The molecule has 1 aliphatic heterocycles. The number of rotatable bonds is 6. The van der Waals surface area contributed by atoms with Crippen LogP contribution in [0, 0.1) is 0 Å². The smallest absolute Gasteiger partial charge is 0.183 e. The molecule has 0 atom stereocenters. The van der Waals surface area contributed by atoms with Gasteiger partial charge in [0.05, 0.1) is 0 Å². The Morgan fingerprint density at radius 3 is 2.16 bits per heavy atom. The molecule has 1 aromatic rings. The van der Waals surface area contributed by atoms with Crippen LogP contribution in [-0.2, 0) is 15.1 Å². The molecule has 1 heterocycles. The Hall–Kier alpha value is -0.875. The molecule has 1 aromatic carbocycles. The molecule has 0 saturated carbocycles. The molecule has 0 amide bonds. The monoisotopic (exact) mass is 261 g/mol. The number of nitrogens with zero attached hydrogens (tertiary/aromatic N) is 1. The van der Waals surface area contributed by atoms with Crippen LogP contribution in [0.15, 0.2) is 24.3 Å². The fraction of sp³-hybridized carbons (Fsp3) is 0.571. The highest BCUT2D eigenvalue weighted by Crippen LogP contribution is 2.31. The number of aliphatic hydroxyl groups is 1. The molecule has 0 unspecified atom stereocenters. The molecule has 1 fully saturated rings. The third-order valence-corrected chi connectivity index (χ3v) is 3.29. The zero-order valence-corrected chi connectivity index (χ0v) is 11.5. The maximum Gasteiger partial charge on any atom is 0.183 e. The van der Waals surface area contributed by atoms with Gasteiger partial charge in [-0.05, 0) is 19.4 Å². The van der Waals surface area contributed by atoms with E-state index in [2.05, 4.69) is 0 Å². The molecule has 19 heavy (non-hydrogen) atoms. The van der Waals surface area contributed by atoms with Gasteiger partial charge in [-0.3, -0.25) is 0 Å². The van der Waals surface area contributed by atoms with E-state index in [1.807, 2.05) is 38.1 Å². The summed E-state index contributed by atoms with van der Waals surface area (Å²) in [7, 11) is 5.58. The van der Waals surface area contributed by atoms with Crippen molar-refractivity contribution < 1.29 is 14.6 Å². The van der Waals surface area contributed by atoms with E-state index in [0.29, 0.717) is 26.3 Å². The number of β-amino-alcohol motifs (C(OH)–C–C–N with tert-alkyl or cyclic N) is 1. The van der Waals surface area contributed by atoms with Gasteiger partial charge < -0.3 is 19.4 Å². The van der Waals surface area contributed by atoms with E-state index in [-0.39, 0.29) is 6.29 Å². The van der Waals surface area contributed by atoms with E-state index < -0.39 is 5.60 Å². The summed E-state index contributed by atoms with van der Waals surface area (Å²) in [6.45, 7) is 6.00. The second-order valence-corrected chi connectivity index (χ2v) is 4.80. The summed E-state index contributed by atoms with van der Waals surface area (Å²) in [6.07, 6.45) is -0.342. The molecule has 0 aliphatic carbocycles. The van der Waals surface area contributed by atoms with Crippen molar-refractivity contribution in [1.82, 2.24) is 4.81 Å². The Morgan fingerprint density at radius 2 is 1.74 bits per heavy atom. The normalized spacial score (nSPS) is 18.5. The van der Waals surface area contributed by atoms with Crippen LogP contribution in [0.1, 0.15) is 31.3 Å². The highest BCUT2D eigenvalue weighted by molar-refractivity contribution is 6.05. The van der Waals surface area contributed by atoms with Gasteiger partial charge in [-0.1, -0.05) is 24.3 Å². The Labute approximate surface area is 115 Å². The van der Waals surface area contributed by atoms with Crippen molar-refractivity contribution in [1.29, 1.82) is 0 Å². The second-order valence-electron chi connectivity index (χ2n) is 4.80. The third kappa shape index (κ3) is 3.18. The van der Waals surface area contributed by atoms with Crippen molar-refractivity contribution in [2.24, 2.45) is 0 Å². The Bertz CT molecular complexity index is 398. The molecule has 5 heteroatoms. The Kier molecular flexibility index (Phi) is 4.63. The van der Waals surface area contributed by atoms with Gasteiger partial charge in [0.2, 0.25) is 0 Å². The minimum atomic E-state index is -0.819. The van der Waals surface area contributed by atoms with Crippen molar-refractivity contribution in [3.63, 3.8) is 0 Å². The first-order valence-corrected chi connectivity index (χ1v) is 6.64. The lowest BCUT2D eigenvalue weighted by atomic mass is 9.83. The van der Waals surface area contributed by atoms with Gasteiger partial charge in [0, 0.05) is 31.9 Å². The van der Waals surface area contributed by atoms with Gasteiger partial charge in [-0.15, -0.1) is 0 Å². The predicted octanol–water partition coefficient (Wildman–Crippen LogP) is 1.34. The molecule has 2 rings (SSSR count). The fourth-order valence-electron chi connectivity index (χ4n) is 2.30. The molecule has 1 aliphatic rings. The molecular formula is C14H20BNO3. The Morgan fingerprint density at radius 1 is 1.21 bits per heavy atom. The summed E-state index contributed by atoms with van der Waals surface area (Å²) < 4.78 is 11.1. The van der Waals surface area contributed by atoms with E-state index >= 15 is 0 Å². The SMILES string of the molecule is [B]N1CC(O)(c2ccc(C(OCC)OCC)cc2)C1. The van der Waals surface area contributed by atoms with Gasteiger partial charge in [0.15, 0.2) is 14.3 Å². The first-order chi connectivity index (χ1) is 9.09. The molecule has 1 N–H and O–H groups in total. The van der Waals surface area contributed by atoms with Crippen molar-refractivity contribution in [2.75, 3.05) is 26.3 Å². The highest BCUT2D eigenvalue weighted by Gasteiger charge is 2.39. The van der Waals surface area contributed by atoms with Crippen LogP contribution in [0.3, 0.4) is 0 Å². The standard InChI is InChI=1S/C14H20BNO3/c1-3-18-13(19-4-2)11-5-7-12(8-6-11)14(17)9-16(15)10-14/h5-8,13,17H,3-4,9-10H2,1-2H3. The average Bonchev–Trinajstić information content (AvgIpc) is 2.37. The summed E-state index contributed by atoms with van der Waals surface area (Å²) >= 11 is 0. The van der Waals surface area contributed by atoms with E-state index in [1.54, 1.807) is 4.81 Å². The zero-order chi connectivity index (χ0) is 13.9. The quantitative estimate of drug-likeness (QED) is 0.620. The number of hydrogen-bond donors (Lipinski definition) is 1. The van der Waals surface area contributed by atoms with Crippen LogP contribution in [-0.4, -0.2) is 44.2 Å². The van der Waals surface area contributed by atoms with Crippen LogP contribution < -0.4 is 0 Å². The van der Waals surface area contributed by atoms with Gasteiger partial charge in [0.25, 0.3) is 0 Å². The lowest BCUT2D eigenvalue weighted by molar-refractivity contribution is -0.140. The maximum absolute atomic E-state index is 10.3. The van der Waals surface area contributed by atoms with Crippen molar-refractivity contribution >= 4 is 7.98 Å². The second kappa shape index (κ2) is 6.05. The number of hydrogen-bond acceptors (Lipinski definition) is 4. The van der Waals surface area contributed by atoms with Gasteiger partial charge in [0.1, 0.15) is 5.60 Å². The summed E-state index contributed by atoms with van der Waals surface area (Å²) in [5.41, 5.74) is 1.02. The average molecular weight is 261 g/mol. The van der Waals surface area contributed by atoms with Gasteiger partial charge in [-0.25, -0.2) is 0 Å². The molecule has 4 nitrogen and oxygen atoms in total. The van der Waals surface area contributed by atoms with Crippen LogP contribution in [0.5, 0.6) is 0 Å². The minimum absolute atomic E-state index is 0.342. The Balaban J connectivity index is 2.09. The molecule has 0 aromatic heterocycles. The topological polar surface area (TPSA) is 41.9 Å². The third-order valence-electron chi connectivity index (χ3n) is 3.29. The summed E-state index contributed by atoms with van der Waals surface area (Å²) in [5.74, 6) is 0. The minimum Gasteiger partial charge on any atom is -0.383 e. The fourth-order valence-corrected chi connectivity index (χ4v) is 2.30. The molecule has 0 bridgehead atoms. The maximum atomic E-state index is 10.3. The van der Waals surface area contributed by atoms with Crippen LogP contribution in [0.4, 0.5) is 0 Å². The highest BCUT2D eigenvalue weighted by atomic mass is 16.7. The van der Waals surface area contributed by atoms with Crippen LogP contribution in [0.2, 0.25) is 0 Å². The first kappa shape index (κ1) is 14.5. The van der Waals surface area contributed by atoms with Gasteiger partial charge >= 0.3 is 0 Å². The summed E-state index contributed by atoms with van der Waals surface area (Å²) in [4.78, 5) is 1.59. The van der Waals surface area contributed by atoms with E-state index in [0.717, 1.165) is 11.1 Å². The zero-order valence-electron chi connectivity index (χ0n) is 11.5. The molecule has 0 spiro atoms. The van der Waals surface area contributed by atoms with Crippen LogP contribution >= 0.6 is 0 Å². The summed E-state index contributed by atoms with van der Waals surface area (Å²) in [6, 6.07) is 7.69. The van der Waals surface area contributed by atoms with E-state index in [1.165, 1.54) is 0 Å². The summed E-state index contributed by atoms with van der Waals surface area (Å²) in [5, 5.41) is 10.3. The number of ether oxygens (including phenoxy) is 2. The van der Waals surface area contributed by atoms with E-state index in [9.17, 15) is 5.11 Å². The molecule has 1 saturated heterocycles. The molecule has 2 radical (unpaired) electrons. The van der Waals surface area contributed by atoms with Crippen molar-refractivity contribution in [3.05, 3.63) is 35.4 Å². The van der Waals surface area contributed by atoms with Crippen molar-refractivity contribution in [2.45, 2.75) is 25.7 Å². The first-order valence-electron chi connectivity index (χ1n) is 6.64. The largest absolute Gasteiger partial charge is 0.383 e. The van der Waals surface area contributed by atoms with Crippen molar-refractivity contribution in [3.8, 4) is 0 Å².